The molecule has 0 saturated carbocycles. The molecular weight excluding hydrogens is 306 g/mol. The van der Waals surface area contributed by atoms with Crippen LogP contribution in [-0.2, 0) is 0 Å². The number of nitrogens with zero attached hydrogens (tertiary/aromatic N) is 1. The molecule has 0 bridgehead atoms. The van der Waals surface area contributed by atoms with Crippen molar-refractivity contribution in [1.82, 2.24) is 4.98 Å². The van der Waals surface area contributed by atoms with Gasteiger partial charge in [-0.2, -0.15) is 4.39 Å². The zero-order valence-corrected chi connectivity index (χ0v) is 10.5. The van der Waals surface area contributed by atoms with Crippen molar-refractivity contribution in [3.8, 4) is 0 Å². The molecule has 0 aliphatic heterocycles. The second-order valence-corrected chi connectivity index (χ2v) is 4.34. The van der Waals surface area contributed by atoms with E-state index < -0.39 is 17.7 Å². The van der Waals surface area contributed by atoms with E-state index in [-0.39, 0.29) is 11.4 Å². The number of pyridine rings is 1. The number of benzene rings is 1. The van der Waals surface area contributed by atoms with Crippen molar-refractivity contribution in [2.24, 2.45) is 0 Å². The summed E-state index contributed by atoms with van der Waals surface area (Å²) in [5, 5.41) is 2.32. The molecule has 0 spiro atoms. The fraction of sp³-hybridized carbons (Fsp3) is 0. The molecule has 2 aromatic rings. The van der Waals surface area contributed by atoms with Gasteiger partial charge in [-0.15, -0.1) is 0 Å². The van der Waals surface area contributed by atoms with E-state index in [0.29, 0.717) is 4.47 Å². The van der Waals surface area contributed by atoms with Crippen molar-refractivity contribution >= 4 is 27.5 Å². The molecule has 0 unspecified atom stereocenters. The van der Waals surface area contributed by atoms with Gasteiger partial charge in [0, 0.05) is 4.47 Å². The highest BCUT2D eigenvalue weighted by Gasteiger charge is 2.11. The van der Waals surface area contributed by atoms with E-state index in [9.17, 15) is 13.6 Å². The lowest BCUT2D eigenvalue weighted by molar-refractivity contribution is 0.102. The Morgan fingerprint density at radius 2 is 2.00 bits per heavy atom. The van der Waals surface area contributed by atoms with Crippen LogP contribution in [-0.4, -0.2) is 10.9 Å². The Bertz CT molecular complexity index is 604. The average molecular weight is 313 g/mol. The zero-order valence-electron chi connectivity index (χ0n) is 8.95. The maximum absolute atomic E-state index is 13.4. The molecule has 0 atom stereocenters. The second kappa shape index (κ2) is 5.22. The predicted molar refractivity (Wildman–Crippen MR) is 66.2 cm³/mol. The first-order chi connectivity index (χ1) is 8.56. The fourth-order valence-electron chi connectivity index (χ4n) is 1.31. The van der Waals surface area contributed by atoms with Gasteiger partial charge >= 0.3 is 0 Å². The van der Waals surface area contributed by atoms with Gasteiger partial charge < -0.3 is 5.32 Å². The molecule has 0 aliphatic carbocycles. The predicted octanol–water partition coefficient (Wildman–Crippen LogP) is 3.37. The minimum absolute atomic E-state index is 0.000404. The Labute approximate surface area is 110 Å². The zero-order chi connectivity index (χ0) is 13.1. The van der Waals surface area contributed by atoms with Gasteiger partial charge in [0.25, 0.3) is 5.91 Å². The monoisotopic (exact) mass is 312 g/mol. The molecule has 6 heteroatoms. The third-order valence-corrected chi connectivity index (χ3v) is 2.62. The van der Waals surface area contributed by atoms with Crippen molar-refractivity contribution in [2.45, 2.75) is 0 Å². The number of amides is 1. The van der Waals surface area contributed by atoms with Crippen molar-refractivity contribution in [1.29, 1.82) is 0 Å². The Hall–Kier alpha value is -1.82. The van der Waals surface area contributed by atoms with Crippen molar-refractivity contribution in [3.05, 3.63) is 58.3 Å². The van der Waals surface area contributed by atoms with Crippen LogP contribution in [0.4, 0.5) is 14.5 Å². The Balaban J connectivity index is 2.24. The number of carbonyl (C=O) groups excluding carboxylic acids is 1. The van der Waals surface area contributed by atoms with Crippen LogP contribution in [0.25, 0.3) is 0 Å². The summed E-state index contributed by atoms with van der Waals surface area (Å²) in [7, 11) is 0. The number of halogens is 3. The van der Waals surface area contributed by atoms with Crippen LogP contribution in [0.1, 0.15) is 10.5 Å². The quantitative estimate of drug-likeness (QED) is 0.864. The molecule has 3 nitrogen and oxygen atoms in total. The minimum atomic E-state index is -0.766. The van der Waals surface area contributed by atoms with Gasteiger partial charge in [-0.1, -0.05) is 22.0 Å². The van der Waals surface area contributed by atoms with Crippen LogP contribution >= 0.6 is 15.9 Å². The van der Waals surface area contributed by atoms with Crippen LogP contribution in [0.2, 0.25) is 0 Å². The lowest BCUT2D eigenvalue weighted by Crippen LogP contribution is -2.15. The minimum Gasteiger partial charge on any atom is -0.318 e. The van der Waals surface area contributed by atoms with Gasteiger partial charge in [0.1, 0.15) is 11.5 Å². The molecular formula is C12H7BrF2N2O. The van der Waals surface area contributed by atoms with Crippen LogP contribution in [0.5, 0.6) is 0 Å². The second-order valence-electron chi connectivity index (χ2n) is 3.42. The molecule has 0 radical (unpaired) electrons. The topological polar surface area (TPSA) is 42.0 Å². The number of aromatic nitrogens is 1. The molecule has 2 rings (SSSR count). The highest BCUT2D eigenvalue weighted by molar-refractivity contribution is 9.10. The maximum Gasteiger partial charge on any atom is 0.274 e. The molecule has 18 heavy (non-hydrogen) atoms. The summed E-state index contributed by atoms with van der Waals surface area (Å²) in [5.41, 5.74) is -0.116. The van der Waals surface area contributed by atoms with Crippen molar-refractivity contribution in [3.63, 3.8) is 0 Å². The molecule has 1 aromatic carbocycles. The smallest absolute Gasteiger partial charge is 0.274 e. The van der Waals surface area contributed by atoms with E-state index in [4.69, 9.17) is 0 Å². The van der Waals surface area contributed by atoms with Crippen LogP contribution in [0, 0.1) is 11.8 Å². The lowest BCUT2D eigenvalue weighted by atomic mass is 10.3. The van der Waals surface area contributed by atoms with E-state index in [1.807, 2.05) is 0 Å². The van der Waals surface area contributed by atoms with Gasteiger partial charge in [0.2, 0.25) is 5.95 Å². The van der Waals surface area contributed by atoms with Crippen molar-refractivity contribution < 1.29 is 13.6 Å². The standard InChI is InChI=1S/C12H7BrF2N2O/c13-7-4-5-8(14)10(6-7)17-12(18)9-2-1-3-11(15)16-9/h1-6H,(H,17,18). The van der Waals surface area contributed by atoms with Gasteiger partial charge in [0.15, 0.2) is 0 Å². The molecule has 1 aromatic heterocycles. The molecule has 0 fully saturated rings. The molecule has 1 amide bonds. The van der Waals surface area contributed by atoms with E-state index in [0.717, 1.165) is 6.07 Å². The Morgan fingerprint density at radius 1 is 1.22 bits per heavy atom. The molecule has 1 N–H and O–H groups in total. The first-order valence-electron chi connectivity index (χ1n) is 4.95. The molecule has 1 heterocycles. The SMILES string of the molecule is O=C(Nc1cc(Br)ccc1F)c1cccc(F)n1. The van der Waals surface area contributed by atoms with Crippen LogP contribution in [0.3, 0.4) is 0 Å². The van der Waals surface area contributed by atoms with E-state index in [2.05, 4.69) is 26.2 Å². The van der Waals surface area contributed by atoms with E-state index in [1.165, 1.54) is 30.3 Å². The molecule has 92 valence electrons. The number of hydrogen-bond acceptors (Lipinski definition) is 2. The highest BCUT2D eigenvalue weighted by atomic mass is 79.9. The summed E-state index contributed by atoms with van der Waals surface area (Å²) in [6.45, 7) is 0. The maximum atomic E-state index is 13.4. The summed E-state index contributed by atoms with van der Waals surface area (Å²) in [6, 6.07) is 7.94. The first kappa shape index (κ1) is 12.6. The highest BCUT2D eigenvalue weighted by Crippen LogP contribution is 2.20. The average Bonchev–Trinajstić information content (AvgIpc) is 2.34. The third kappa shape index (κ3) is 2.89. The summed E-state index contributed by atoms with van der Waals surface area (Å²) in [6.07, 6.45) is 0. The molecule has 0 saturated heterocycles. The van der Waals surface area contributed by atoms with Crippen molar-refractivity contribution in [2.75, 3.05) is 5.32 Å². The van der Waals surface area contributed by atoms with E-state index >= 15 is 0 Å². The number of hydrogen-bond donors (Lipinski definition) is 1. The summed E-state index contributed by atoms with van der Waals surface area (Å²) in [5.74, 6) is -2.02. The molecule has 0 aliphatic rings. The van der Waals surface area contributed by atoms with Crippen LogP contribution < -0.4 is 5.32 Å². The Morgan fingerprint density at radius 3 is 2.72 bits per heavy atom. The summed E-state index contributed by atoms with van der Waals surface area (Å²) in [4.78, 5) is 15.1. The largest absolute Gasteiger partial charge is 0.318 e. The van der Waals surface area contributed by atoms with Gasteiger partial charge in [-0.3, -0.25) is 4.79 Å². The van der Waals surface area contributed by atoms with Crippen LogP contribution in [0.15, 0.2) is 40.9 Å². The van der Waals surface area contributed by atoms with E-state index in [1.54, 1.807) is 0 Å². The van der Waals surface area contributed by atoms with Gasteiger partial charge in [-0.25, -0.2) is 9.37 Å². The fourth-order valence-corrected chi connectivity index (χ4v) is 1.68. The summed E-state index contributed by atoms with van der Waals surface area (Å²) < 4.78 is 26.8. The Kier molecular flexibility index (Phi) is 3.66. The van der Waals surface area contributed by atoms with Gasteiger partial charge in [-0.05, 0) is 30.3 Å². The van der Waals surface area contributed by atoms with Gasteiger partial charge in [0.05, 0.1) is 5.69 Å². The number of carbonyl (C=O) groups is 1. The first-order valence-corrected chi connectivity index (χ1v) is 5.74. The lowest BCUT2D eigenvalue weighted by Gasteiger charge is -2.06. The number of nitrogens with one attached hydrogen (secondary N) is 1. The summed E-state index contributed by atoms with van der Waals surface area (Å²) >= 11 is 3.16. The normalized spacial score (nSPS) is 10.2. The third-order valence-electron chi connectivity index (χ3n) is 2.12. The number of anilines is 1. The number of rotatable bonds is 2.